The Hall–Kier alpha value is -3.81. The third-order valence-corrected chi connectivity index (χ3v) is 7.21. The van der Waals surface area contributed by atoms with Crippen LogP contribution < -0.4 is 5.22 Å². The van der Waals surface area contributed by atoms with Crippen molar-refractivity contribution in [1.29, 1.82) is 0 Å². The van der Waals surface area contributed by atoms with Gasteiger partial charge in [-0.25, -0.2) is 4.98 Å². The zero-order valence-electron chi connectivity index (χ0n) is 25.6. The molecule has 8 heteroatoms. The fraction of sp³-hybridized carbons (Fsp3) is 0.469. The molecule has 8 nitrogen and oxygen atoms in total. The number of rotatable bonds is 6. The molecular weight excluding hydrogens is 496 g/mol. The normalized spacial score (nSPS) is 13.6. The Morgan fingerprint density at radius 3 is 1.98 bits per heavy atom. The van der Waals surface area contributed by atoms with Gasteiger partial charge in [0.05, 0.1) is 17.9 Å². The Balaban J connectivity index is 1.85. The minimum Gasteiger partial charge on any atom is -0.306 e. The summed E-state index contributed by atoms with van der Waals surface area (Å²) in [6, 6.07) is 8.53. The number of aromatic nitrogens is 8. The van der Waals surface area contributed by atoms with E-state index < -0.39 is 0 Å². The van der Waals surface area contributed by atoms with Gasteiger partial charge in [0.2, 0.25) is 0 Å². The van der Waals surface area contributed by atoms with Gasteiger partial charge in [-0.2, -0.15) is 10.2 Å². The molecular formula is C32H42N8. The van der Waals surface area contributed by atoms with Crippen LogP contribution in [-0.2, 0) is 17.4 Å². The SMILES string of the molecule is C=Cc1ccc(Cn2c(C(C)C)nn3nc(C(C)(C)C)c(C=c4c(C(C)(C)C)nn5nc(C(C)C)nc45)c23)cc1. The molecule has 0 aliphatic rings. The predicted molar refractivity (Wildman–Crippen MR) is 162 cm³/mol. The molecule has 0 spiro atoms. The third kappa shape index (κ3) is 4.84. The van der Waals surface area contributed by atoms with Crippen molar-refractivity contribution in [3.8, 4) is 0 Å². The molecule has 0 saturated heterocycles. The van der Waals surface area contributed by atoms with Gasteiger partial charge in [-0.05, 0) is 17.2 Å². The van der Waals surface area contributed by atoms with Crippen LogP contribution >= 0.6 is 0 Å². The van der Waals surface area contributed by atoms with E-state index in [-0.39, 0.29) is 22.7 Å². The lowest BCUT2D eigenvalue weighted by Gasteiger charge is -2.18. The van der Waals surface area contributed by atoms with E-state index in [1.54, 1.807) is 4.63 Å². The number of fused-ring (bicyclic) bond motifs is 2. The van der Waals surface area contributed by atoms with Crippen LogP contribution in [0.25, 0.3) is 23.4 Å². The second kappa shape index (κ2) is 9.68. The first-order valence-electron chi connectivity index (χ1n) is 14.2. The van der Waals surface area contributed by atoms with Crippen LogP contribution in [0.2, 0.25) is 0 Å². The molecule has 0 N–H and O–H groups in total. The highest BCUT2D eigenvalue weighted by Crippen LogP contribution is 2.31. The molecule has 0 bridgehead atoms. The summed E-state index contributed by atoms with van der Waals surface area (Å²) in [6.45, 7) is 26.3. The molecule has 5 rings (SSSR count). The fourth-order valence-corrected chi connectivity index (χ4v) is 5.09. The number of benzene rings is 1. The molecule has 4 aromatic heterocycles. The van der Waals surface area contributed by atoms with Crippen molar-refractivity contribution in [2.45, 2.75) is 98.4 Å². The van der Waals surface area contributed by atoms with Crippen LogP contribution in [-0.4, -0.2) is 39.2 Å². The molecule has 0 unspecified atom stereocenters. The summed E-state index contributed by atoms with van der Waals surface area (Å²) >= 11 is 0. The maximum Gasteiger partial charge on any atom is 0.185 e. The lowest BCUT2D eigenvalue weighted by molar-refractivity contribution is 0.551. The molecule has 4 heterocycles. The van der Waals surface area contributed by atoms with Gasteiger partial charge in [-0.1, -0.05) is 106 Å². The van der Waals surface area contributed by atoms with Gasteiger partial charge in [-0.3, -0.25) is 0 Å². The van der Waals surface area contributed by atoms with E-state index in [1.807, 2.05) is 10.7 Å². The Bertz CT molecular complexity index is 1750. The molecule has 5 aromatic rings. The second-order valence-electron chi connectivity index (χ2n) is 13.5. The summed E-state index contributed by atoms with van der Waals surface area (Å²) in [5, 5.41) is 20.7. The molecule has 0 saturated carbocycles. The summed E-state index contributed by atoms with van der Waals surface area (Å²) in [5.74, 6) is 2.23. The molecule has 0 aliphatic carbocycles. The molecule has 0 atom stereocenters. The second-order valence-corrected chi connectivity index (χ2v) is 13.5. The first-order chi connectivity index (χ1) is 18.7. The highest BCUT2D eigenvalue weighted by molar-refractivity contribution is 5.72. The van der Waals surface area contributed by atoms with Gasteiger partial charge in [0.1, 0.15) is 5.82 Å². The first kappa shape index (κ1) is 27.7. The van der Waals surface area contributed by atoms with Crippen LogP contribution in [0, 0.1) is 0 Å². The minimum atomic E-state index is -0.205. The standard InChI is InChI=1S/C32H42N8/c1-12-21-13-15-22(16-14-21)18-38-28(20(4)5)37-40-30(38)24(26(35-40)32(9,10)11)17-23-25(31(6,7)8)34-39-29(23)33-27(36-39)19(2)3/h12-17,19-20H,1,18H2,2-11H3. The van der Waals surface area contributed by atoms with E-state index in [4.69, 9.17) is 25.4 Å². The Morgan fingerprint density at radius 2 is 1.43 bits per heavy atom. The fourth-order valence-electron chi connectivity index (χ4n) is 5.09. The molecule has 0 aliphatic heterocycles. The first-order valence-corrected chi connectivity index (χ1v) is 14.2. The van der Waals surface area contributed by atoms with Crippen molar-refractivity contribution >= 4 is 23.4 Å². The summed E-state index contributed by atoms with van der Waals surface area (Å²) in [5.41, 5.74) is 6.66. The quantitative estimate of drug-likeness (QED) is 0.263. The molecule has 210 valence electrons. The third-order valence-electron chi connectivity index (χ3n) is 7.21. The monoisotopic (exact) mass is 538 g/mol. The Morgan fingerprint density at radius 1 is 0.800 bits per heavy atom. The van der Waals surface area contributed by atoms with Crippen molar-refractivity contribution in [3.63, 3.8) is 0 Å². The maximum absolute atomic E-state index is 5.08. The highest BCUT2D eigenvalue weighted by Gasteiger charge is 2.30. The highest BCUT2D eigenvalue weighted by atomic mass is 15.5. The van der Waals surface area contributed by atoms with Crippen LogP contribution in [0.4, 0.5) is 0 Å². The van der Waals surface area contributed by atoms with E-state index in [0.717, 1.165) is 50.7 Å². The predicted octanol–water partition coefficient (Wildman–Crippen LogP) is 6.05. The van der Waals surface area contributed by atoms with E-state index in [1.165, 1.54) is 5.56 Å². The Kier molecular flexibility index (Phi) is 6.71. The van der Waals surface area contributed by atoms with E-state index in [2.05, 4.69) is 111 Å². The summed E-state index contributed by atoms with van der Waals surface area (Å²) in [7, 11) is 0. The number of nitrogens with zero attached hydrogens (tertiary/aromatic N) is 8. The van der Waals surface area contributed by atoms with Crippen molar-refractivity contribution in [2.24, 2.45) is 0 Å². The molecule has 0 amide bonds. The van der Waals surface area contributed by atoms with Crippen LogP contribution in [0.5, 0.6) is 0 Å². The topological polar surface area (TPSA) is 78.2 Å². The summed E-state index contributed by atoms with van der Waals surface area (Å²) in [4.78, 5) is 4.94. The van der Waals surface area contributed by atoms with E-state index >= 15 is 0 Å². The molecule has 0 fully saturated rings. The van der Waals surface area contributed by atoms with Gasteiger partial charge < -0.3 is 4.57 Å². The van der Waals surface area contributed by atoms with Crippen LogP contribution in [0.1, 0.15) is 121 Å². The van der Waals surface area contributed by atoms with Gasteiger partial charge in [0, 0.05) is 33.4 Å². The molecule has 40 heavy (non-hydrogen) atoms. The van der Waals surface area contributed by atoms with Crippen LogP contribution in [0.3, 0.4) is 0 Å². The Labute approximate surface area is 236 Å². The van der Waals surface area contributed by atoms with E-state index in [9.17, 15) is 0 Å². The van der Waals surface area contributed by atoms with Gasteiger partial charge in [0.25, 0.3) is 0 Å². The van der Waals surface area contributed by atoms with Crippen molar-refractivity contribution in [2.75, 3.05) is 0 Å². The van der Waals surface area contributed by atoms with Crippen molar-refractivity contribution in [3.05, 3.63) is 75.8 Å². The number of hydrogen-bond donors (Lipinski definition) is 0. The molecule has 1 aromatic carbocycles. The average Bonchev–Trinajstić information content (AvgIpc) is 3.59. The lowest BCUT2D eigenvalue weighted by atomic mass is 9.88. The summed E-state index contributed by atoms with van der Waals surface area (Å²) < 4.78 is 5.85. The summed E-state index contributed by atoms with van der Waals surface area (Å²) in [6.07, 6.45) is 4.10. The smallest absolute Gasteiger partial charge is 0.185 e. The largest absolute Gasteiger partial charge is 0.306 e. The van der Waals surface area contributed by atoms with Crippen molar-refractivity contribution < 1.29 is 0 Å². The zero-order chi connectivity index (χ0) is 29.1. The number of hydrogen-bond acceptors (Lipinski definition) is 5. The van der Waals surface area contributed by atoms with Gasteiger partial charge >= 0.3 is 0 Å². The van der Waals surface area contributed by atoms with Crippen molar-refractivity contribution in [1.82, 2.24) is 39.2 Å². The van der Waals surface area contributed by atoms with Gasteiger partial charge in [-0.15, -0.1) is 19.5 Å². The van der Waals surface area contributed by atoms with E-state index in [0.29, 0.717) is 6.54 Å². The van der Waals surface area contributed by atoms with Gasteiger partial charge in [0.15, 0.2) is 17.1 Å². The van der Waals surface area contributed by atoms with Crippen LogP contribution in [0.15, 0.2) is 30.8 Å². The maximum atomic E-state index is 5.08. The lowest BCUT2D eigenvalue weighted by Crippen LogP contribution is -2.23. The zero-order valence-corrected chi connectivity index (χ0v) is 25.6. The minimum absolute atomic E-state index is 0.198. The average molecular weight is 539 g/mol. The molecule has 0 radical (unpaired) electrons.